The van der Waals surface area contributed by atoms with Gasteiger partial charge >= 0.3 is 0 Å². The van der Waals surface area contributed by atoms with Gasteiger partial charge in [-0.25, -0.2) is 0 Å². The van der Waals surface area contributed by atoms with Crippen molar-refractivity contribution in [3.8, 4) is 16.8 Å². The normalized spacial score (nSPS) is 11.5. The van der Waals surface area contributed by atoms with Gasteiger partial charge < -0.3 is 4.57 Å². The minimum Gasteiger partial charge on any atom is -0.310 e. The average Bonchev–Trinajstić information content (AvgIpc) is 2.99. The van der Waals surface area contributed by atoms with Crippen LogP contribution in [0.3, 0.4) is 0 Å². The molecule has 1 heteroatoms. The van der Waals surface area contributed by atoms with Crippen molar-refractivity contribution < 1.29 is 0 Å². The van der Waals surface area contributed by atoms with Crippen LogP contribution in [0, 0.1) is 6.92 Å². The van der Waals surface area contributed by atoms with Gasteiger partial charge in [-0.2, -0.15) is 0 Å². The molecule has 0 unspecified atom stereocenters. The number of para-hydroxylation sites is 1. The summed E-state index contributed by atoms with van der Waals surface area (Å²) in [7, 11) is 0. The lowest BCUT2D eigenvalue weighted by atomic mass is 10.0. The largest absolute Gasteiger partial charge is 0.310 e. The highest BCUT2D eigenvalue weighted by atomic mass is 15.0. The van der Waals surface area contributed by atoms with E-state index in [1.807, 2.05) is 0 Å². The molecule has 0 amide bonds. The first-order valence-corrected chi connectivity index (χ1v) is 9.22. The SMILES string of the molecule is CC/C=C\c1c(C)c2cc(-c3ccccc3)ccc2n1-c1ccccc1. The third kappa shape index (κ3) is 2.86. The Kier molecular flexibility index (Phi) is 4.45. The topological polar surface area (TPSA) is 4.93 Å². The van der Waals surface area contributed by atoms with Crippen molar-refractivity contribution in [1.82, 2.24) is 4.57 Å². The van der Waals surface area contributed by atoms with E-state index in [1.54, 1.807) is 0 Å². The quantitative estimate of drug-likeness (QED) is 0.377. The van der Waals surface area contributed by atoms with Crippen LogP contribution < -0.4 is 0 Å². The second kappa shape index (κ2) is 7.05. The summed E-state index contributed by atoms with van der Waals surface area (Å²) in [5.74, 6) is 0. The lowest BCUT2D eigenvalue weighted by molar-refractivity contribution is 1.09. The monoisotopic (exact) mass is 337 g/mol. The van der Waals surface area contributed by atoms with Gasteiger partial charge in [0.1, 0.15) is 0 Å². The van der Waals surface area contributed by atoms with E-state index in [-0.39, 0.29) is 0 Å². The van der Waals surface area contributed by atoms with Crippen LogP contribution in [0.4, 0.5) is 0 Å². The zero-order chi connectivity index (χ0) is 17.9. The minimum absolute atomic E-state index is 1.03. The Morgan fingerprint density at radius 3 is 2.19 bits per heavy atom. The van der Waals surface area contributed by atoms with Crippen molar-refractivity contribution in [3.63, 3.8) is 0 Å². The van der Waals surface area contributed by atoms with E-state index in [1.165, 1.54) is 39.0 Å². The van der Waals surface area contributed by atoms with Crippen LogP contribution in [0.15, 0.2) is 84.9 Å². The molecule has 0 fully saturated rings. The van der Waals surface area contributed by atoms with Gasteiger partial charge in [-0.15, -0.1) is 0 Å². The van der Waals surface area contributed by atoms with Crippen molar-refractivity contribution in [2.45, 2.75) is 20.3 Å². The molecule has 1 nitrogen and oxygen atoms in total. The second-order valence-electron chi connectivity index (χ2n) is 6.59. The van der Waals surface area contributed by atoms with Crippen LogP contribution >= 0.6 is 0 Å². The number of aryl methyl sites for hydroxylation is 1. The first kappa shape index (κ1) is 16.4. The van der Waals surface area contributed by atoms with Crippen LogP contribution in [0.1, 0.15) is 24.6 Å². The standard InChI is InChI=1S/C25H23N/c1-3-4-15-24-19(2)23-18-21(20-11-7-5-8-12-20)16-17-25(23)26(24)22-13-9-6-10-14-22/h4-18H,3H2,1-2H3/b15-4-. The van der Waals surface area contributed by atoms with Crippen LogP contribution in [0.2, 0.25) is 0 Å². The van der Waals surface area contributed by atoms with Crippen molar-refractivity contribution >= 4 is 17.0 Å². The predicted octanol–water partition coefficient (Wildman–Crippen LogP) is 7.03. The van der Waals surface area contributed by atoms with E-state index in [9.17, 15) is 0 Å². The van der Waals surface area contributed by atoms with Crippen LogP contribution in [-0.4, -0.2) is 4.57 Å². The van der Waals surface area contributed by atoms with Crippen molar-refractivity contribution in [2.75, 3.05) is 0 Å². The molecule has 128 valence electrons. The van der Waals surface area contributed by atoms with Gasteiger partial charge in [-0.3, -0.25) is 0 Å². The molecule has 0 bridgehead atoms. The number of benzene rings is 3. The Balaban J connectivity index is 1.98. The molecule has 3 aromatic carbocycles. The van der Waals surface area contributed by atoms with E-state index < -0.39 is 0 Å². The van der Waals surface area contributed by atoms with Gasteiger partial charge in [0.2, 0.25) is 0 Å². The number of hydrogen-bond donors (Lipinski definition) is 0. The molecule has 0 aliphatic heterocycles. The number of nitrogens with zero attached hydrogens (tertiary/aromatic N) is 1. The Labute approximate surface area is 155 Å². The lowest BCUT2D eigenvalue weighted by Gasteiger charge is -2.09. The molecule has 0 atom stereocenters. The first-order chi connectivity index (χ1) is 12.8. The Bertz CT molecular complexity index is 1050. The number of aromatic nitrogens is 1. The van der Waals surface area contributed by atoms with Crippen molar-refractivity contribution in [2.24, 2.45) is 0 Å². The number of rotatable bonds is 4. The van der Waals surface area contributed by atoms with Gasteiger partial charge in [0.25, 0.3) is 0 Å². The van der Waals surface area contributed by atoms with Crippen LogP contribution in [0.5, 0.6) is 0 Å². The van der Waals surface area contributed by atoms with E-state index in [0.29, 0.717) is 0 Å². The molecule has 0 aliphatic carbocycles. The second-order valence-corrected chi connectivity index (χ2v) is 6.59. The minimum atomic E-state index is 1.03. The highest BCUT2D eigenvalue weighted by Gasteiger charge is 2.14. The van der Waals surface area contributed by atoms with Gasteiger partial charge in [0.15, 0.2) is 0 Å². The van der Waals surface area contributed by atoms with Crippen molar-refractivity contribution in [1.29, 1.82) is 0 Å². The van der Waals surface area contributed by atoms with Crippen molar-refractivity contribution in [3.05, 3.63) is 96.2 Å². The summed E-state index contributed by atoms with van der Waals surface area (Å²) in [4.78, 5) is 0. The van der Waals surface area contributed by atoms with Crippen LogP contribution in [0.25, 0.3) is 33.8 Å². The lowest BCUT2D eigenvalue weighted by Crippen LogP contribution is -1.96. The number of hydrogen-bond acceptors (Lipinski definition) is 0. The zero-order valence-electron chi connectivity index (χ0n) is 15.3. The molecule has 0 N–H and O–H groups in total. The maximum absolute atomic E-state index is 2.37. The Hall–Kier alpha value is -3.06. The van der Waals surface area contributed by atoms with Gasteiger partial charge in [0, 0.05) is 16.8 Å². The molecular formula is C25H23N. The third-order valence-electron chi connectivity index (χ3n) is 4.90. The smallest absolute Gasteiger partial charge is 0.0537 e. The van der Waals surface area contributed by atoms with E-state index in [0.717, 1.165) is 6.42 Å². The maximum Gasteiger partial charge on any atom is 0.0537 e. The fourth-order valence-electron chi connectivity index (χ4n) is 3.56. The van der Waals surface area contributed by atoms with E-state index in [2.05, 4.69) is 109 Å². The molecule has 26 heavy (non-hydrogen) atoms. The third-order valence-corrected chi connectivity index (χ3v) is 4.90. The summed E-state index contributed by atoms with van der Waals surface area (Å²) in [5, 5.41) is 1.31. The summed E-state index contributed by atoms with van der Waals surface area (Å²) in [6.07, 6.45) is 5.52. The Morgan fingerprint density at radius 1 is 0.808 bits per heavy atom. The van der Waals surface area contributed by atoms with Gasteiger partial charge in [-0.05, 0) is 60.4 Å². The molecule has 0 radical (unpaired) electrons. The summed E-state index contributed by atoms with van der Waals surface area (Å²) in [6.45, 7) is 4.40. The molecule has 0 aliphatic rings. The van der Waals surface area contributed by atoms with E-state index in [4.69, 9.17) is 0 Å². The summed E-state index contributed by atoms with van der Waals surface area (Å²) in [6, 6.07) is 28.0. The summed E-state index contributed by atoms with van der Waals surface area (Å²) >= 11 is 0. The molecule has 1 aromatic heterocycles. The fraction of sp³-hybridized carbons (Fsp3) is 0.120. The van der Waals surface area contributed by atoms with E-state index >= 15 is 0 Å². The Morgan fingerprint density at radius 2 is 1.50 bits per heavy atom. The number of allylic oxidation sites excluding steroid dienone is 1. The molecular weight excluding hydrogens is 314 g/mol. The predicted molar refractivity (Wildman–Crippen MR) is 113 cm³/mol. The highest BCUT2D eigenvalue weighted by Crippen LogP contribution is 2.33. The fourth-order valence-corrected chi connectivity index (χ4v) is 3.56. The molecule has 4 rings (SSSR count). The molecule has 0 saturated heterocycles. The highest BCUT2D eigenvalue weighted by molar-refractivity contribution is 5.93. The molecule has 1 heterocycles. The molecule has 0 spiro atoms. The summed E-state index contributed by atoms with van der Waals surface area (Å²) < 4.78 is 2.37. The van der Waals surface area contributed by atoms with Crippen LogP contribution in [-0.2, 0) is 0 Å². The van der Waals surface area contributed by atoms with Gasteiger partial charge in [0.05, 0.1) is 5.52 Å². The van der Waals surface area contributed by atoms with Gasteiger partial charge in [-0.1, -0.05) is 67.6 Å². The zero-order valence-corrected chi connectivity index (χ0v) is 15.3. The first-order valence-electron chi connectivity index (χ1n) is 9.22. The summed E-state index contributed by atoms with van der Waals surface area (Å²) in [5.41, 5.74) is 7.56. The number of fused-ring (bicyclic) bond motifs is 1. The average molecular weight is 337 g/mol. The molecule has 4 aromatic rings. The molecule has 0 saturated carbocycles. The maximum atomic E-state index is 2.37.